The number of carbonyl (C=O) groups is 1. The first-order valence-electron chi connectivity index (χ1n) is 10.3. The molecule has 2 aliphatic carbocycles. The Morgan fingerprint density at radius 3 is 1.75 bits per heavy atom. The summed E-state index contributed by atoms with van der Waals surface area (Å²) >= 11 is 0. The van der Waals surface area contributed by atoms with Gasteiger partial charge in [-0.2, -0.15) is 0 Å². The van der Waals surface area contributed by atoms with Crippen molar-refractivity contribution in [3.8, 4) is 11.5 Å². The quantitative estimate of drug-likeness (QED) is 0.639. The molecule has 4 aliphatic rings. The fourth-order valence-corrected chi connectivity index (χ4v) is 5.54. The third kappa shape index (κ3) is 2.13. The molecule has 28 heavy (non-hydrogen) atoms. The molecule has 2 atom stereocenters. The van der Waals surface area contributed by atoms with E-state index in [2.05, 4.69) is 12.2 Å². The van der Waals surface area contributed by atoms with Crippen LogP contribution in [0.5, 0.6) is 11.5 Å². The molecule has 0 unspecified atom stereocenters. The van der Waals surface area contributed by atoms with Crippen LogP contribution in [0, 0.1) is 5.41 Å². The summed E-state index contributed by atoms with van der Waals surface area (Å²) in [4.78, 5) is 13.5. The number of fused-ring (bicyclic) bond motifs is 6. The summed E-state index contributed by atoms with van der Waals surface area (Å²) in [6, 6.07) is 16.0. The van der Waals surface area contributed by atoms with Gasteiger partial charge in [0.2, 0.25) is 0 Å². The zero-order valence-corrected chi connectivity index (χ0v) is 15.7. The van der Waals surface area contributed by atoms with Crippen LogP contribution in [0.3, 0.4) is 0 Å². The number of hydrogen-bond acceptors (Lipinski definition) is 3. The molecule has 6 rings (SSSR count). The average molecular weight is 370 g/mol. The van der Waals surface area contributed by atoms with Crippen molar-refractivity contribution >= 4 is 17.9 Å². The molecule has 2 aromatic rings. The highest BCUT2D eigenvalue weighted by molar-refractivity contribution is 6.17. The zero-order valence-electron chi connectivity index (χ0n) is 15.7. The number of para-hydroxylation sites is 2. The molecule has 2 heterocycles. The van der Waals surface area contributed by atoms with Crippen molar-refractivity contribution < 1.29 is 14.3 Å². The van der Waals surface area contributed by atoms with E-state index < -0.39 is 0 Å². The Morgan fingerprint density at radius 1 is 0.714 bits per heavy atom. The van der Waals surface area contributed by atoms with Crippen molar-refractivity contribution in [2.45, 2.75) is 44.3 Å². The first-order valence-corrected chi connectivity index (χ1v) is 10.3. The highest BCUT2D eigenvalue weighted by Gasteiger charge is 2.59. The number of ether oxygens (including phenoxy) is 2. The predicted octanol–water partition coefficient (Wildman–Crippen LogP) is 5.21. The lowest BCUT2D eigenvalue weighted by atomic mass is 9.57. The molecule has 2 fully saturated rings. The first-order chi connectivity index (χ1) is 13.8. The fourth-order valence-electron chi connectivity index (χ4n) is 5.54. The molecule has 0 saturated heterocycles. The van der Waals surface area contributed by atoms with Crippen LogP contribution in [0.1, 0.15) is 43.2 Å². The minimum absolute atomic E-state index is 0.0789. The summed E-state index contributed by atoms with van der Waals surface area (Å²) in [5, 5.41) is 0. The number of benzene rings is 2. The highest BCUT2D eigenvalue weighted by Crippen LogP contribution is 2.56. The monoisotopic (exact) mass is 370 g/mol. The van der Waals surface area contributed by atoms with Gasteiger partial charge in [-0.3, -0.25) is 4.79 Å². The number of carbonyl (C=O) groups excluding carboxylic acids is 1. The van der Waals surface area contributed by atoms with Gasteiger partial charge >= 0.3 is 0 Å². The number of rotatable bonds is 0. The van der Waals surface area contributed by atoms with E-state index in [1.807, 2.05) is 48.5 Å². The Hall–Kier alpha value is -2.81. The summed E-state index contributed by atoms with van der Waals surface area (Å²) in [5.74, 6) is 1.82. The van der Waals surface area contributed by atoms with Gasteiger partial charge in [0.25, 0.3) is 0 Å². The standard InChI is InChI=1S/C25H22O3/c26-22-18-14-16-8-2-4-10-20(16)27-23(18)25(12-6-1-7-13-25)24-19(22)15-17-9-3-5-11-21(17)28-24/h2-5,8-11,14-15,23-24H,1,6-7,12-13H2/t23-,24+. The molecule has 0 amide bonds. The Bertz CT molecular complexity index is 964. The van der Waals surface area contributed by atoms with E-state index in [0.29, 0.717) is 0 Å². The average Bonchev–Trinajstić information content (AvgIpc) is 2.76. The van der Waals surface area contributed by atoms with Crippen LogP contribution in [-0.4, -0.2) is 18.0 Å². The van der Waals surface area contributed by atoms with E-state index in [4.69, 9.17) is 9.47 Å². The minimum Gasteiger partial charge on any atom is -0.484 e. The van der Waals surface area contributed by atoms with E-state index >= 15 is 0 Å². The molecular weight excluding hydrogens is 348 g/mol. The smallest absolute Gasteiger partial charge is 0.192 e. The lowest BCUT2D eigenvalue weighted by Crippen LogP contribution is -2.59. The lowest BCUT2D eigenvalue weighted by molar-refractivity contribution is -0.122. The van der Waals surface area contributed by atoms with Crippen molar-refractivity contribution in [2.75, 3.05) is 0 Å². The van der Waals surface area contributed by atoms with E-state index in [9.17, 15) is 4.79 Å². The van der Waals surface area contributed by atoms with Crippen molar-refractivity contribution in [3.05, 3.63) is 70.8 Å². The van der Waals surface area contributed by atoms with Gasteiger partial charge in [-0.05, 0) is 37.1 Å². The van der Waals surface area contributed by atoms with Gasteiger partial charge in [-0.25, -0.2) is 0 Å². The maximum atomic E-state index is 13.5. The molecule has 3 nitrogen and oxygen atoms in total. The summed E-state index contributed by atoms with van der Waals surface area (Å²) in [6.45, 7) is 0. The highest BCUT2D eigenvalue weighted by atomic mass is 16.5. The van der Waals surface area contributed by atoms with Gasteiger partial charge < -0.3 is 9.47 Å². The second-order valence-corrected chi connectivity index (χ2v) is 8.39. The van der Waals surface area contributed by atoms with Gasteiger partial charge in [0.1, 0.15) is 23.7 Å². The van der Waals surface area contributed by atoms with Crippen molar-refractivity contribution in [1.82, 2.24) is 0 Å². The Kier molecular flexibility index (Phi) is 3.37. The van der Waals surface area contributed by atoms with Crippen LogP contribution >= 0.6 is 0 Å². The van der Waals surface area contributed by atoms with Crippen molar-refractivity contribution in [1.29, 1.82) is 0 Å². The third-order valence-electron chi connectivity index (χ3n) is 6.87. The first kappa shape index (κ1) is 16.2. The van der Waals surface area contributed by atoms with E-state index in [-0.39, 0.29) is 23.4 Å². The van der Waals surface area contributed by atoms with E-state index in [1.165, 1.54) is 6.42 Å². The van der Waals surface area contributed by atoms with Gasteiger partial charge in [0, 0.05) is 22.3 Å². The second-order valence-electron chi connectivity index (χ2n) is 8.39. The third-order valence-corrected chi connectivity index (χ3v) is 6.87. The molecule has 0 N–H and O–H groups in total. The predicted molar refractivity (Wildman–Crippen MR) is 108 cm³/mol. The largest absolute Gasteiger partial charge is 0.484 e. The van der Waals surface area contributed by atoms with E-state index in [0.717, 1.165) is 59.5 Å². The molecular formula is C25H22O3. The van der Waals surface area contributed by atoms with E-state index in [1.54, 1.807) is 0 Å². The molecule has 0 radical (unpaired) electrons. The van der Waals surface area contributed by atoms with Crippen molar-refractivity contribution in [3.63, 3.8) is 0 Å². The molecule has 0 bridgehead atoms. The maximum Gasteiger partial charge on any atom is 0.192 e. The van der Waals surface area contributed by atoms with Crippen LogP contribution < -0.4 is 9.47 Å². The van der Waals surface area contributed by atoms with Gasteiger partial charge in [0.05, 0.1) is 5.41 Å². The van der Waals surface area contributed by atoms with Crippen LogP contribution in [-0.2, 0) is 4.79 Å². The normalized spacial score (nSPS) is 26.5. The SMILES string of the molecule is O=C1C2=Cc3ccccc3O[C@H]2C2(CCCCC2)[C@H]2Oc3ccccc3C=C12. The Labute approximate surface area is 164 Å². The number of hydrogen-bond donors (Lipinski definition) is 0. The molecule has 3 heteroatoms. The number of Topliss-reactive ketones (excluding diaryl/α,β-unsaturated/α-hetero) is 1. The topological polar surface area (TPSA) is 35.5 Å². The Morgan fingerprint density at radius 2 is 1.21 bits per heavy atom. The van der Waals surface area contributed by atoms with Gasteiger partial charge in [0.15, 0.2) is 5.78 Å². The lowest BCUT2D eigenvalue weighted by Gasteiger charge is -2.53. The molecule has 0 aromatic heterocycles. The summed E-state index contributed by atoms with van der Waals surface area (Å²) < 4.78 is 13.1. The zero-order chi connectivity index (χ0) is 18.7. The van der Waals surface area contributed by atoms with Gasteiger partial charge in [-0.15, -0.1) is 0 Å². The van der Waals surface area contributed by atoms with Crippen LogP contribution in [0.2, 0.25) is 0 Å². The van der Waals surface area contributed by atoms with Crippen LogP contribution in [0.15, 0.2) is 59.7 Å². The fraction of sp³-hybridized carbons (Fsp3) is 0.320. The minimum atomic E-state index is -0.234. The molecule has 2 aliphatic heterocycles. The maximum absolute atomic E-state index is 13.5. The molecule has 140 valence electrons. The molecule has 2 saturated carbocycles. The molecule has 2 aromatic carbocycles. The summed E-state index contributed by atoms with van der Waals surface area (Å²) in [7, 11) is 0. The number of ketones is 1. The summed E-state index contributed by atoms with van der Waals surface area (Å²) in [5.41, 5.74) is 3.39. The van der Waals surface area contributed by atoms with Crippen LogP contribution in [0.4, 0.5) is 0 Å². The molecule has 1 spiro atoms. The second kappa shape index (κ2) is 5.84. The van der Waals surface area contributed by atoms with Gasteiger partial charge in [-0.1, -0.05) is 55.7 Å². The summed E-state index contributed by atoms with van der Waals surface area (Å²) in [6.07, 6.45) is 9.23. The van der Waals surface area contributed by atoms with Crippen molar-refractivity contribution in [2.24, 2.45) is 5.41 Å². The van der Waals surface area contributed by atoms with Crippen LogP contribution in [0.25, 0.3) is 12.2 Å². The Balaban J connectivity index is 1.57.